The Morgan fingerprint density at radius 1 is 1.39 bits per heavy atom. The molecule has 0 radical (unpaired) electrons. The van der Waals surface area contributed by atoms with E-state index in [9.17, 15) is 4.79 Å². The van der Waals surface area contributed by atoms with Gasteiger partial charge in [0.15, 0.2) is 0 Å². The molecule has 1 saturated heterocycles. The molecule has 2 heterocycles. The first-order chi connectivity index (χ1) is 8.62. The number of nitrogens with zero attached hydrogens (tertiary/aromatic N) is 1. The standard InChI is InChI=1S/C14H21N3O/c1-11(12-3-7-15-8-4-12)17-13(18)14(2)5-9-16-10-6-14/h3-4,7-8,11,16H,5-6,9-10H2,1-2H3,(H,17,18). The van der Waals surface area contributed by atoms with Crippen LogP contribution >= 0.6 is 0 Å². The molecule has 4 heteroatoms. The molecule has 18 heavy (non-hydrogen) atoms. The molecule has 4 nitrogen and oxygen atoms in total. The monoisotopic (exact) mass is 247 g/mol. The summed E-state index contributed by atoms with van der Waals surface area (Å²) in [6.07, 6.45) is 5.32. The fourth-order valence-corrected chi connectivity index (χ4v) is 2.31. The quantitative estimate of drug-likeness (QED) is 0.854. The summed E-state index contributed by atoms with van der Waals surface area (Å²) in [6.45, 7) is 5.92. The molecule has 0 saturated carbocycles. The molecule has 0 aromatic carbocycles. The lowest BCUT2D eigenvalue weighted by molar-refractivity contribution is -0.132. The molecular formula is C14H21N3O. The average molecular weight is 247 g/mol. The largest absolute Gasteiger partial charge is 0.349 e. The molecule has 1 unspecified atom stereocenters. The van der Waals surface area contributed by atoms with E-state index in [1.165, 1.54) is 0 Å². The summed E-state index contributed by atoms with van der Waals surface area (Å²) in [6, 6.07) is 3.91. The van der Waals surface area contributed by atoms with Gasteiger partial charge < -0.3 is 10.6 Å². The first-order valence-electron chi connectivity index (χ1n) is 6.53. The number of carbonyl (C=O) groups is 1. The van der Waals surface area contributed by atoms with Crippen molar-refractivity contribution in [1.29, 1.82) is 0 Å². The van der Waals surface area contributed by atoms with Gasteiger partial charge in [-0.3, -0.25) is 9.78 Å². The van der Waals surface area contributed by atoms with Crippen LogP contribution in [0, 0.1) is 5.41 Å². The second-order valence-corrected chi connectivity index (χ2v) is 5.29. The Bertz CT molecular complexity index is 399. The van der Waals surface area contributed by atoms with Crippen LogP contribution in [0.5, 0.6) is 0 Å². The molecule has 1 aromatic rings. The molecule has 1 atom stereocenters. The van der Waals surface area contributed by atoms with Gasteiger partial charge in [0.05, 0.1) is 6.04 Å². The second kappa shape index (κ2) is 5.48. The third-order valence-electron chi connectivity index (χ3n) is 3.81. The Morgan fingerprint density at radius 3 is 2.61 bits per heavy atom. The van der Waals surface area contributed by atoms with Crippen molar-refractivity contribution in [2.75, 3.05) is 13.1 Å². The molecule has 1 fully saturated rings. The molecule has 2 N–H and O–H groups in total. The summed E-state index contributed by atoms with van der Waals surface area (Å²) in [5.74, 6) is 0.160. The zero-order valence-electron chi connectivity index (χ0n) is 11.1. The number of amides is 1. The van der Waals surface area contributed by atoms with Crippen molar-refractivity contribution in [2.24, 2.45) is 5.41 Å². The molecule has 0 aliphatic carbocycles. The number of pyridine rings is 1. The average Bonchev–Trinajstić information content (AvgIpc) is 2.40. The lowest BCUT2D eigenvalue weighted by atomic mass is 9.80. The van der Waals surface area contributed by atoms with Crippen LogP contribution in [0.25, 0.3) is 0 Å². The van der Waals surface area contributed by atoms with Crippen molar-refractivity contribution < 1.29 is 4.79 Å². The van der Waals surface area contributed by atoms with Crippen LogP contribution in [0.3, 0.4) is 0 Å². The van der Waals surface area contributed by atoms with Crippen molar-refractivity contribution >= 4 is 5.91 Å². The molecule has 2 rings (SSSR count). The van der Waals surface area contributed by atoms with Crippen LogP contribution in [-0.2, 0) is 4.79 Å². The van der Waals surface area contributed by atoms with E-state index in [1.54, 1.807) is 12.4 Å². The van der Waals surface area contributed by atoms with Crippen molar-refractivity contribution in [3.05, 3.63) is 30.1 Å². The topological polar surface area (TPSA) is 54.0 Å². The van der Waals surface area contributed by atoms with Crippen LogP contribution in [-0.4, -0.2) is 24.0 Å². The number of aromatic nitrogens is 1. The van der Waals surface area contributed by atoms with Gasteiger partial charge in [-0.1, -0.05) is 6.92 Å². The van der Waals surface area contributed by atoms with Crippen molar-refractivity contribution in [2.45, 2.75) is 32.7 Å². The van der Waals surface area contributed by atoms with Gasteiger partial charge in [-0.15, -0.1) is 0 Å². The Hall–Kier alpha value is -1.42. The van der Waals surface area contributed by atoms with E-state index in [0.29, 0.717) is 0 Å². The predicted molar refractivity (Wildman–Crippen MR) is 71.0 cm³/mol. The minimum absolute atomic E-state index is 0.0345. The maximum atomic E-state index is 12.3. The zero-order chi connectivity index (χ0) is 13.0. The lowest BCUT2D eigenvalue weighted by Gasteiger charge is -2.33. The van der Waals surface area contributed by atoms with Gasteiger partial charge in [0.1, 0.15) is 0 Å². The summed E-state index contributed by atoms with van der Waals surface area (Å²) in [4.78, 5) is 16.3. The predicted octanol–water partition coefficient (Wildman–Crippen LogP) is 1.65. The normalized spacial score (nSPS) is 20.1. The Balaban J connectivity index is 1.98. The molecule has 1 aliphatic rings. The number of hydrogen-bond acceptors (Lipinski definition) is 3. The van der Waals surface area contributed by atoms with Crippen molar-refractivity contribution in [3.8, 4) is 0 Å². The van der Waals surface area contributed by atoms with Gasteiger partial charge in [0.25, 0.3) is 0 Å². The lowest BCUT2D eigenvalue weighted by Crippen LogP contribution is -2.46. The maximum Gasteiger partial charge on any atom is 0.226 e. The van der Waals surface area contributed by atoms with Gasteiger partial charge in [0, 0.05) is 17.8 Å². The first-order valence-corrected chi connectivity index (χ1v) is 6.53. The fraction of sp³-hybridized carbons (Fsp3) is 0.571. The SMILES string of the molecule is CC(NC(=O)C1(C)CCNCC1)c1ccncc1. The Kier molecular flexibility index (Phi) is 3.97. The third kappa shape index (κ3) is 2.88. The molecule has 1 amide bonds. The number of nitrogens with one attached hydrogen (secondary N) is 2. The molecule has 1 aliphatic heterocycles. The van der Waals surface area contributed by atoms with Gasteiger partial charge in [-0.2, -0.15) is 0 Å². The number of rotatable bonds is 3. The highest BCUT2D eigenvalue weighted by Crippen LogP contribution is 2.29. The van der Waals surface area contributed by atoms with E-state index >= 15 is 0 Å². The smallest absolute Gasteiger partial charge is 0.226 e. The van der Waals surface area contributed by atoms with Gasteiger partial charge in [0.2, 0.25) is 5.91 Å². The molecular weight excluding hydrogens is 226 g/mol. The van der Waals surface area contributed by atoms with Gasteiger partial charge in [-0.25, -0.2) is 0 Å². The van der Waals surface area contributed by atoms with Crippen LogP contribution in [0.1, 0.15) is 38.3 Å². The minimum Gasteiger partial charge on any atom is -0.349 e. The summed E-state index contributed by atoms with van der Waals surface area (Å²) in [5.41, 5.74) is 0.864. The maximum absolute atomic E-state index is 12.3. The van der Waals surface area contributed by atoms with Crippen molar-refractivity contribution in [3.63, 3.8) is 0 Å². The van der Waals surface area contributed by atoms with Gasteiger partial charge >= 0.3 is 0 Å². The van der Waals surface area contributed by atoms with E-state index in [1.807, 2.05) is 19.1 Å². The third-order valence-corrected chi connectivity index (χ3v) is 3.81. The minimum atomic E-state index is -0.230. The number of hydrogen-bond donors (Lipinski definition) is 2. The van der Waals surface area contributed by atoms with Crippen LogP contribution in [0.15, 0.2) is 24.5 Å². The second-order valence-electron chi connectivity index (χ2n) is 5.29. The molecule has 98 valence electrons. The highest BCUT2D eigenvalue weighted by molar-refractivity contribution is 5.82. The van der Waals surface area contributed by atoms with E-state index < -0.39 is 0 Å². The highest BCUT2D eigenvalue weighted by atomic mass is 16.2. The van der Waals surface area contributed by atoms with Crippen LogP contribution < -0.4 is 10.6 Å². The summed E-state index contributed by atoms with van der Waals surface area (Å²) in [7, 11) is 0. The summed E-state index contributed by atoms with van der Waals surface area (Å²) in [5, 5.41) is 6.40. The molecule has 1 aromatic heterocycles. The van der Waals surface area contributed by atoms with Crippen molar-refractivity contribution in [1.82, 2.24) is 15.6 Å². The Morgan fingerprint density at radius 2 is 2.00 bits per heavy atom. The molecule has 0 spiro atoms. The fourth-order valence-electron chi connectivity index (χ4n) is 2.31. The van der Waals surface area contributed by atoms with Crippen LogP contribution in [0.4, 0.5) is 0 Å². The van der Waals surface area contributed by atoms with E-state index in [2.05, 4.69) is 22.5 Å². The highest BCUT2D eigenvalue weighted by Gasteiger charge is 2.35. The summed E-state index contributed by atoms with van der Waals surface area (Å²) >= 11 is 0. The number of carbonyl (C=O) groups excluding carboxylic acids is 1. The number of piperidine rings is 1. The zero-order valence-corrected chi connectivity index (χ0v) is 11.1. The Labute approximate surface area is 108 Å². The van der Waals surface area contributed by atoms with Crippen LogP contribution in [0.2, 0.25) is 0 Å². The van der Waals surface area contributed by atoms with E-state index in [-0.39, 0.29) is 17.4 Å². The molecule has 0 bridgehead atoms. The van der Waals surface area contributed by atoms with E-state index in [0.717, 1.165) is 31.5 Å². The van der Waals surface area contributed by atoms with E-state index in [4.69, 9.17) is 0 Å². The van der Waals surface area contributed by atoms with Gasteiger partial charge in [-0.05, 0) is 50.6 Å². The summed E-state index contributed by atoms with van der Waals surface area (Å²) < 4.78 is 0. The first kappa shape index (κ1) is 13.0.